The molecule has 0 amide bonds. The Labute approximate surface area is 126 Å². The van der Waals surface area contributed by atoms with Gasteiger partial charge in [0, 0.05) is 5.75 Å². The summed E-state index contributed by atoms with van der Waals surface area (Å²) < 4.78 is 4.57. The second-order valence-corrected chi connectivity index (χ2v) is 5.11. The number of pyridine rings is 1. The molecule has 0 saturated carbocycles. The average molecular weight is 303 g/mol. The summed E-state index contributed by atoms with van der Waals surface area (Å²) in [5, 5.41) is 9.63. The van der Waals surface area contributed by atoms with Gasteiger partial charge in [-0.1, -0.05) is 30.3 Å². The van der Waals surface area contributed by atoms with E-state index < -0.39 is 11.9 Å². The van der Waals surface area contributed by atoms with Crippen LogP contribution >= 0.6 is 11.8 Å². The number of carboxylic acids is 1. The Balaban J connectivity index is 2.21. The molecule has 0 atom stereocenters. The lowest BCUT2D eigenvalue weighted by atomic mass is 10.2. The summed E-state index contributed by atoms with van der Waals surface area (Å²) in [7, 11) is 1.19. The van der Waals surface area contributed by atoms with E-state index in [1.807, 2.05) is 30.3 Å². The van der Waals surface area contributed by atoms with Crippen LogP contribution in [0, 0.1) is 0 Å². The summed E-state index contributed by atoms with van der Waals surface area (Å²) in [6, 6.07) is 12.7. The number of benzene rings is 1. The van der Waals surface area contributed by atoms with Gasteiger partial charge in [-0.05, 0) is 17.7 Å². The van der Waals surface area contributed by atoms with E-state index in [1.54, 1.807) is 6.07 Å². The quantitative estimate of drug-likeness (QED) is 0.676. The fourth-order valence-corrected chi connectivity index (χ4v) is 2.51. The zero-order valence-electron chi connectivity index (χ0n) is 11.3. The molecule has 0 unspecified atom stereocenters. The van der Waals surface area contributed by atoms with Gasteiger partial charge in [-0.25, -0.2) is 14.6 Å². The van der Waals surface area contributed by atoms with Gasteiger partial charge in [0.15, 0.2) is 5.69 Å². The van der Waals surface area contributed by atoms with Crippen molar-refractivity contribution in [3.63, 3.8) is 0 Å². The van der Waals surface area contributed by atoms with Crippen molar-refractivity contribution in [2.75, 3.05) is 7.11 Å². The van der Waals surface area contributed by atoms with E-state index in [2.05, 4.69) is 9.72 Å². The number of aromatic carboxylic acids is 1. The van der Waals surface area contributed by atoms with Crippen LogP contribution in [0.15, 0.2) is 47.5 Å². The topological polar surface area (TPSA) is 76.5 Å². The van der Waals surface area contributed by atoms with E-state index in [4.69, 9.17) is 5.11 Å². The molecule has 1 N–H and O–H groups in total. The number of ether oxygens (including phenoxy) is 1. The number of nitrogens with zero attached hydrogens (tertiary/aromatic N) is 1. The molecule has 108 valence electrons. The molecule has 1 heterocycles. The Bertz CT molecular complexity index is 658. The van der Waals surface area contributed by atoms with Crippen molar-refractivity contribution < 1.29 is 19.4 Å². The van der Waals surface area contributed by atoms with Crippen molar-refractivity contribution in [3.05, 3.63) is 59.3 Å². The van der Waals surface area contributed by atoms with Crippen LogP contribution < -0.4 is 0 Å². The lowest BCUT2D eigenvalue weighted by Crippen LogP contribution is -2.12. The molecule has 0 aliphatic heterocycles. The van der Waals surface area contributed by atoms with Crippen molar-refractivity contribution >= 4 is 23.7 Å². The third-order valence-electron chi connectivity index (χ3n) is 2.71. The minimum atomic E-state index is -1.21. The van der Waals surface area contributed by atoms with E-state index >= 15 is 0 Å². The van der Waals surface area contributed by atoms with Crippen molar-refractivity contribution in [2.24, 2.45) is 0 Å². The van der Waals surface area contributed by atoms with Gasteiger partial charge >= 0.3 is 11.9 Å². The monoisotopic (exact) mass is 303 g/mol. The van der Waals surface area contributed by atoms with Crippen molar-refractivity contribution in [1.29, 1.82) is 0 Å². The number of methoxy groups -OCH3 is 1. The van der Waals surface area contributed by atoms with Crippen molar-refractivity contribution in [2.45, 2.75) is 10.8 Å². The molecule has 1 aromatic heterocycles. The molecule has 0 aliphatic carbocycles. The first-order chi connectivity index (χ1) is 10.1. The average Bonchev–Trinajstić information content (AvgIpc) is 2.52. The van der Waals surface area contributed by atoms with Crippen LogP contribution in [0.2, 0.25) is 0 Å². The molecule has 0 radical (unpaired) electrons. The van der Waals surface area contributed by atoms with Gasteiger partial charge in [-0.3, -0.25) is 0 Å². The molecule has 0 saturated heterocycles. The van der Waals surface area contributed by atoms with Crippen LogP contribution in [0.1, 0.15) is 26.4 Å². The molecule has 5 nitrogen and oxygen atoms in total. The minimum absolute atomic E-state index is 0.161. The molecular formula is C15H13NO4S. The Morgan fingerprint density at radius 1 is 1.19 bits per heavy atom. The van der Waals surface area contributed by atoms with Gasteiger partial charge in [0.1, 0.15) is 0 Å². The first kappa shape index (κ1) is 15.1. The third-order valence-corrected chi connectivity index (χ3v) is 3.71. The zero-order valence-corrected chi connectivity index (χ0v) is 12.1. The summed E-state index contributed by atoms with van der Waals surface area (Å²) in [5.41, 5.74) is 0.778. The van der Waals surface area contributed by atoms with Gasteiger partial charge in [-0.2, -0.15) is 0 Å². The second-order valence-electron chi connectivity index (χ2n) is 4.12. The van der Waals surface area contributed by atoms with E-state index in [-0.39, 0.29) is 11.3 Å². The highest BCUT2D eigenvalue weighted by Gasteiger charge is 2.19. The number of carboxylic acid groups (broad SMARTS) is 1. The third kappa shape index (κ3) is 3.82. The summed E-state index contributed by atoms with van der Waals surface area (Å²) in [6.45, 7) is 0. The summed E-state index contributed by atoms with van der Waals surface area (Å²) >= 11 is 1.42. The maximum absolute atomic E-state index is 11.6. The van der Waals surface area contributed by atoms with Crippen LogP contribution in [0.25, 0.3) is 0 Å². The van der Waals surface area contributed by atoms with Crippen molar-refractivity contribution in [3.8, 4) is 0 Å². The first-order valence-corrected chi connectivity index (χ1v) is 7.09. The maximum atomic E-state index is 11.6. The normalized spacial score (nSPS) is 10.1. The molecule has 0 fully saturated rings. The number of aromatic nitrogens is 1. The summed E-state index contributed by atoms with van der Waals surface area (Å²) in [6.07, 6.45) is 0. The van der Waals surface area contributed by atoms with Crippen LogP contribution in [0.4, 0.5) is 0 Å². The molecule has 6 heteroatoms. The number of carbonyl (C=O) groups excluding carboxylic acids is 1. The Morgan fingerprint density at radius 2 is 1.90 bits per heavy atom. The Morgan fingerprint density at radius 3 is 2.52 bits per heavy atom. The molecule has 1 aromatic carbocycles. The zero-order chi connectivity index (χ0) is 15.2. The van der Waals surface area contributed by atoms with Crippen LogP contribution in [-0.2, 0) is 10.5 Å². The van der Waals surface area contributed by atoms with Crippen LogP contribution in [0.5, 0.6) is 0 Å². The number of esters is 1. The standard InChI is InChI=1S/C15H13NO4S/c1-20-15(19)13-11(14(17)18)7-8-12(16-13)21-9-10-5-3-2-4-6-10/h2-8H,9H2,1H3,(H,17,18). The molecule has 0 aliphatic rings. The highest BCUT2D eigenvalue weighted by Crippen LogP contribution is 2.22. The molecular weight excluding hydrogens is 290 g/mol. The SMILES string of the molecule is COC(=O)c1nc(SCc2ccccc2)ccc1C(=O)O. The Kier molecular flexibility index (Phi) is 4.94. The minimum Gasteiger partial charge on any atom is -0.478 e. The van der Waals surface area contributed by atoms with Gasteiger partial charge in [0.05, 0.1) is 17.7 Å². The lowest BCUT2D eigenvalue weighted by molar-refractivity contribution is 0.0574. The largest absolute Gasteiger partial charge is 0.478 e. The molecule has 2 rings (SSSR count). The number of hydrogen-bond acceptors (Lipinski definition) is 5. The van der Waals surface area contributed by atoms with Gasteiger partial charge in [0.25, 0.3) is 0 Å². The molecule has 0 bridgehead atoms. The van der Waals surface area contributed by atoms with E-state index in [9.17, 15) is 9.59 Å². The highest BCUT2D eigenvalue weighted by molar-refractivity contribution is 7.98. The van der Waals surface area contributed by atoms with Crippen molar-refractivity contribution in [1.82, 2.24) is 4.98 Å². The number of thioether (sulfide) groups is 1. The van der Waals surface area contributed by atoms with Gasteiger partial charge < -0.3 is 9.84 Å². The van der Waals surface area contributed by atoms with Gasteiger partial charge in [-0.15, -0.1) is 11.8 Å². The van der Waals surface area contributed by atoms with Gasteiger partial charge in [0.2, 0.25) is 0 Å². The molecule has 21 heavy (non-hydrogen) atoms. The fourth-order valence-electron chi connectivity index (χ4n) is 1.68. The molecule has 2 aromatic rings. The second kappa shape index (κ2) is 6.90. The number of hydrogen-bond donors (Lipinski definition) is 1. The number of rotatable bonds is 5. The van der Waals surface area contributed by atoms with E-state index in [0.29, 0.717) is 10.8 Å². The van der Waals surface area contributed by atoms with E-state index in [0.717, 1.165) is 5.56 Å². The highest BCUT2D eigenvalue weighted by atomic mass is 32.2. The smallest absolute Gasteiger partial charge is 0.357 e. The fraction of sp³-hybridized carbons (Fsp3) is 0.133. The van der Waals surface area contributed by atoms with Crippen LogP contribution in [-0.4, -0.2) is 29.1 Å². The predicted molar refractivity (Wildman–Crippen MR) is 78.5 cm³/mol. The van der Waals surface area contributed by atoms with Crippen LogP contribution in [0.3, 0.4) is 0 Å². The lowest BCUT2D eigenvalue weighted by Gasteiger charge is -2.06. The molecule has 0 spiro atoms. The summed E-state index contributed by atoms with van der Waals surface area (Å²) in [5.74, 6) is -1.28. The first-order valence-electron chi connectivity index (χ1n) is 6.11. The van der Waals surface area contributed by atoms with E-state index in [1.165, 1.54) is 24.9 Å². The number of carbonyl (C=O) groups is 2. The Hall–Kier alpha value is -2.34. The maximum Gasteiger partial charge on any atom is 0.357 e. The summed E-state index contributed by atoms with van der Waals surface area (Å²) in [4.78, 5) is 26.8. The predicted octanol–water partition coefficient (Wildman–Crippen LogP) is 2.86.